The van der Waals surface area contributed by atoms with Crippen molar-refractivity contribution >= 4 is 39.3 Å². The standard InChI is InChI=1S/C18H17BrClN3OS/c1-2-23-17(11-24-16-9-5-14(19)6-10-16)21-22-18(23)25-12-13-3-7-15(20)8-4-13/h3-10H,2,11-12H2,1H3. The van der Waals surface area contributed by atoms with E-state index < -0.39 is 0 Å². The van der Waals surface area contributed by atoms with E-state index in [0.29, 0.717) is 6.61 Å². The number of thioether (sulfide) groups is 1. The molecule has 1 heterocycles. The summed E-state index contributed by atoms with van der Waals surface area (Å²) in [6.07, 6.45) is 0. The molecule has 0 amide bonds. The van der Waals surface area contributed by atoms with E-state index in [0.717, 1.165) is 38.5 Å². The molecule has 130 valence electrons. The maximum Gasteiger partial charge on any atom is 0.191 e. The summed E-state index contributed by atoms with van der Waals surface area (Å²) >= 11 is 11.0. The van der Waals surface area contributed by atoms with Crippen LogP contribution in [0.1, 0.15) is 18.3 Å². The van der Waals surface area contributed by atoms with Crippen LogP contribution >= 0.6 is 39.3 Å². The Morgan fingerprint density at radius 2 is 1.80 bits per heavy atom. The van der Waals surface area contributed by atoms with Crippen molar-refractivity contribution in [2.45, 2.75) is 31.0 Å². The number of halogens is 2. The summed E-state index contributed by atoms with van der Waals surface area (Å²) in [6.45, 7) is 3.28. The molecule has 2 aromatic carbocycles. The van der Waals surface area contributed by atoms with Gasteiger partial charge >= 0.3 is 0 Å². The van der Waals surface area contributed by atoms with Gasteiger partial charge in [0.05, 0.1) is 0 Å². The first-order chi connectivity index (χ1) is 12.2. The van der Waals surface area contributed by atoms with Crippen LogP contribution in [0.4, 0.5) is 0 Å². The first-order valence-corrected chi connectivity index (χ1v) is 9.99. The lowest BCUT2D eigenvalue weighted by molar-refractivity contribution is 0.288. The molecule has 0 saturated heterocycles. The topological polar surface area (TPSA) is 39.9 Å². The molecule has 0 N–H and O–H groups in total. The summed E-state index contributed by atoms with van der Waals surface area (Å²) in [7, 11) is 0. The Bertz CT molecular complexity index is 754. The third kappa shape index (κ3) is 5.00. The smallest absolute Gasteiger partial charge is 0.191 e. The second kappa shape index (κ2) is 8.74. The zero-order valence-corrected chi connectivity index (χ0v) is 16.8. The second-order valence-corrected chi connectivity index (χ2v) is 7.60. The van der Waals surface area contributed by atoms with E-state index in [-0.39, 0.29) is 0 Å². The lowest BCUT2D eigenvalue weighted by atomic mass is 10.2. The fraction of sp³-hybridized carbons (Fsp3) is 0.222. The molecule has 3 rings (SSSR count). The van der Waals surface area contributed by atoms with Gasteiger partial charge in [-0.05, 0) is 48.9 Å². The van der Waals surface area contributed by atoms with Gasteiger partial charge in [-0.15, -0.1) is 10.2 Å². The van der Waals surface area contributed by atoms with Gasteiger partial charge in [0.15, 0.2) is 11.0 Å². The molecular weight excluding hydrogens is 422 g/mol. The summed E-state index contributed by atoms with van der Waals surface area (Å²) in [6, 6.07) is 15.6. The average Bonchev–Trinajstić information content (AvgIpc) is 3.02. The Labute approximate surface area is 164 Å². The Morgan fingerprint density at radius 3 is 2.48 bits per heavy atom. The van der Waals surface area contributed by atoms with Gasteiger partial charge in [-0.2, -0.15) is 0 Å². The number of ether oxygens (including phenoxy) is 1. The first-order valence-electron chi connectivity index (χ1n) is 7.83. The fourth-order valence-corrected chi connectivity index (χ4v) is 3.62. The Kier molecular flexibility index (Phi) is 6.39. The van der Waals surface area contributed by atoms with E-state index >= 15 is 0 Å². The molecular formula is C18H17BrClN3OS. The highest BCUT2D eigenvalue weighted by atomic mass is 79.9. The van der Waals surface area contributed by atoms with Crippen LogP contribution in [0.5, 0.6) is 5.75 Å². The van der Waals surface area contributed by atoms with Gasteiger partial charge in [0.25, 0.3) is 0 Å². The molecule has 0 aliphatic carbocycles. The predicted octanol–water partition coefficient (Wildman–Crippen LogP) is 5.59. The number of rotatable bonds is 7. The van der Waals surface area contributed by atoms with Crippen molar-refractivity contribution in [3.8, 4) is 5.75 Å². The molecule has 0 spiro atoms. The van der Waals surface area contributed by atoms with E-state index in [1.807, 2.05) is 48.5 Å². The van der Waals surface area contributed by atoms with Gasteiger partial charge in [0.1, 0.15) is 12.4 Å². The molecule has 0 aliphatic heterocycles. The van der Waals surface area contributed by atoms with Crippen LogP contribution in [0, 0.1) is 0 Å². The molecule has 0 aliphatic rings. The number of hydrogen-bond donors (Lipinski definition) is 0. The molecule has 0 fully saturated rings. The first kappa shape index (κ1) is 18.3. The summed E-state index contributed by atoms with van der Waals surface area (Å²) in [5.41, 5.74) is 1.20. The van der Waals surface area contributed by atoms with Crippen LogP contribution in [0.25, 0.3) is 0 Å². The average molecular weight is 439 g/mol. The zero-order chi connectivity index (χ0) is 17.6. The van der Waals surface area contributed by atoms with Gasteiger partial charge in [-0.3, -0.25) is 0 Å². The van der Waals surface area contributed by atoms with Crippen molar-refractivity contribution in [3.63, 3.8) is 0 Å². The molecule has 3 aromatic rings. The van der Waals surface area contributed by atoms with Gasteiger partial charge in [0.2, 0.25) is 0 Å². The number of aromatic nitrogens is 3. The van der Waals surface area contributed by atoms with Crippen molar-refractivity contribution in [2.24, 2.45) is 0 Å². The van der Waals surface area contributed by atoms with Crippen molar-refractivity contribution in [1.29, 1.82) is 0 Å². The SMILES string of the molecule is CCn1c(COc2ccc(Br)cc2)nnc1SCc1ccc(Cl)cc1. The van der Waals surface area contributed by atoms with Crippen molar-refractivity contribution in [2.75, 3.05) is 0 Å². The third-order valence-corrected chi connectivity index (χ3v) is 5.39. The lowest BCUT2D eigenvalue weighted by Crippen LogP contribution is -2.07. The predicted molar refractivity (Wildman–Crippen MR) is 105 cm³/mol. The Balaban J connectivity index is 1.63. The van der Waals surface area contributed by atoms with Crippen LogP contribution in [0.3, 0.4) is 0 Å². The van der Waals surface area contributed by atoms with Crippen LogP contribution in [-0.4, -0.2) is 14.8 Å². The van der Waals surface area contributed by atoms with Crippen LogP contribution in [-0.2, 0) is 18.9 Å². The molecule has 0 saturated carbocycles. The zero-order valence-electron chi connectivity index (χ0n) is 13.7. The summed E-state index contributed by atoms with van der Waals surface area (Å²) < 4.78 is 8.92. The third-order valence-electron chi connectivity index (χ3n) is 3.57. The summed E-state index contributed by atoms with van der Waals surface area (Å²) in [4.78, 5) is 0. The lowest BCUT2D eigenvalue weighted by Gasteiger charge is -2.09. The maximum absolute atomic E-state index is 5.92. The molecule has 25 heavy (non-hydrogen) atoms. The fourth-order valence-electron chi connectivity index (χ4n) is 2.26. The molecule has 0 unspecified atom stereocenters. The number of hydrogen-bond acceptors (Lipinski definition) is 4. The normalized spacial score (nSPS) is 10.8. The van der Waals surface area contributed by atoms with Crippen LogP contribution < -0.4 is 4.74 Å². The molecule has 0 radical (unpaired) electrons. The van der Waals surface area contributed by atoms with Gasteiger partial charge in [-0.1, -0.05) is 51.4 Å². The minimum absolute atomic E-state index is 0.393. The second-order valence-electron chi connectivity index (χ2n) is 5.30. The number of nitrogens with zero attached hydrogens (tertiary/aromatic N) is 3. The van der Waals surface area contributed by atoms with Gasteiger partial charge in [-0.25, -0.2) is 0 Å². The van der Waals surface area contributed by atoms with Gasteiger partial charge in [0, 0.05) is 21.8 Å². The van der Waals surface area contributed by atoms with Crippen molar-refractivity contribution in [3.05, 3.63) is 69.4 Å². The monoisotopic (exact) mass is 437 g/mol. The summed E-state index contributed by atoms with van der Waals surface area (Å²) in [5.74, 6) is 2.45. The minimum atomic E-state index is 0.393. The van der Waals surface area contributed by atoms with Gasteiger partial charge < -0.3 is 9.30 Å². The number of benzene rings is 2. The highest BCUT2D eigenvalue weighted by Crippen LogP contribution is 2.24. The molecule has 0 atom stereocenters. The van der Waals surface area contributed by atoms with Crippen LogP contribution in [0.2, 0.25) is 5.02 Å². The Hall–Kier alpha value is -1.50. The quantitative estimate of drug-likeness (QED) is 0.451. The maximum atomic E-state index is 5.92. The molecule has 7 heteroatoms. The van der Waals surface area contributed by atoms with E-state index in [9.17, 15) is 0 Å². The molecule has 0 bridgehead atoms. The molecule has 4 nitrogen and oxygen atoms in total. The Morgan fingerprint density at radius 1 is 1.08 bits per heavy atom. The van der Waals surface area contributed by atoms with Crippen molar-refractivity contribution < 1.29 is 4.74 Å². The highest BCUT2D eigenvalue weighted by molar-refractivity contribution is 9.10. The molecule has 1 aromatic heterocycles. The van der Waals surface area contributed by atoms with E-state index in [1.54, 1.807) is 11.8 Å². The highest BCUT2D eigenvalue weighted by Gasteiger charge is 2.12. The largest absolute Gasteiger partial charge is 0.486 e. The van der Waals surface area contributed by atoms with E-state index in [4.69, 9.17) is 16.3 Å². The van der Waals surface area contributed by atoms with E-state index in [2.05, 4.69) is 37.6 Å². The minimum Gasteiger partial charge on any atom is -0.486 e. The van der Waals surface area contributed by atoms with Crippen molar-refractivity contribution in [1.82, 2.24) is 14.8 Å². The van der Waals surface area contributed by atoms with E-state index in [1.165, 1.54) is 5.56 Å². The summed E-state index contributed by atoms with van der Waals surface area (Å²) in [5, 5.41) is 10.2. The van der Waals surface area contributed by atoms with Crippen LogP contribution in [0.15, 0.2) is 58.2 Å².